The van der Waals surface area contributed by atoms with Crippen LogP contribution in [0.3, 0.4) is 0 Å². The van der Waals surface area contributed by atoms with E-state index in [9.17, 15) is 19.5 Å². The molecule has 3 heterocycles. The second-order valence-electron chi connectivity index (χ2n) is 13.2. The first kappa shape index (κ1) is 30.4. The van der Waals surface area contributed by atoms with Crippen molar-refractivity contribution in [1.29, 1.82) is 0 Å². The molecule has 0 aliphatic carbocycles. The summed E-state index contributed by atoms with van der Waals surface area (Å²) in [7, 11) is 0. The number of β-amino-alcohol motifs (C(OH)–C–C–N with tert-alkyl or cyclic N) is 1. The van der Waals surface area contributed by atoms with Gasteiger partial charge in [0.15, 0.2) is 0 Å². The highest BCUT2D eigenvalue weighted by molar-refractivity contribution is 5.98. The normalized spacial score (nSPS) is 30.3. The van der Waals surface area contributed by atoms with Gasteiger partial charge in [-0.25, -0.2) is 0 Å². The number of carbonyl (C=O) groups is 3. The van der Waals surface area contributed by atoms with Crippen LogP contribution in [0.5, 0.6) is 0 Å². The number of rotatable bonds is 13. The maximum atomic E-state index is 14.5. The van der Waals surface area contributed by atoms with E-state index in [0.29, 0.717) is 25.8 Å². The van der Waals surface area contributed by atoms with Crippen LogP contribution >= 0.6 is 0 Å². The Labute approximate surface area is 228 Å². The highest BCUT2D eigenvalue weighted by atomic mass is 16.6. The van der Waals surface area contributed by atoms with Gasteiger partial charge < -0.3 is 24.4 Å². The van der Waals surface area contributed by atoms with Crippen molar-refractivity contribution in [3.63, 3.8) is 0 Å². The number of likely N-dealkylation sites (tertiary alicyclic amines) is 1. The van der Waals surface area contributed by atoms with Crippen LogP contribution in [0.25, 0.3) is 0 Å². The Morgan fingerprint density at radius 3 is 2.45 bits per heavy atom. The van der Waals surface area contributed by atoms with E-state index in [1.807, 2.05) is 26.8 Å². The zero-order valence-corrected chi connectivity index (χ0v) is 24.3. The molecule has 0 aromatic heterocycles. The molecule has 8 nitrogen and oxygen atoms in total. The van der Waals surface area contributed by atoms with E-state index in [1.165, 1.54) is 4.90 Å². The van der Waals surface area contributed by atoms with Gasteiger partial charge in [0.1, 0.15) is 17.6 Å². The van der Waals surface area contributed by atoms with E-state index in [4.69, 9.17) is 9.47 Å². The topological polar surface area (TPSA) is 96.4 Å². The van der Waals surface area contributed by atoms with Crippen LogP contribution in [0, 0.1) is 17.3 Å². The highest BCUT2D eigenvalue weighted by Crippen LogP contribution is 2.63. The highest BCUT2D eigenvalue weighted by Gasteiger charge is 2.78. The van der Waals surface area contributed by atoms with Crippen molar-refractivity contribution < 1.29 is 29.0 Å². The van der Waals surface area contributed by atoms with Gasteiger partial charge in [0, 0.05) is 18.6 Å². The molecule has 38 heavy (non-hydrogen) atoms. The Kier molecular flexibility index (Phi) is 8.89. The molecule has 0 saturated carbocycles. The molecule has 8 heteroatoms. The van der Waals surface area contributed by atoms with Crippen LogP contribution in [0.4, 0.5) is 0 Å². The van der Waals surface area contributed by atoms with Crippen LogP contribution in [0.1, 0.15) is 80.1 Å². The number of nitrogens with zero attached hydrogens (tertiary/aromatic N) is 2. The summed E-state index contributed by atoms with van der Waals surface area (Å²) in [5.74, 6) is -2.61. The minimum atomic E-state index is -1.14. The van der Waals surface area contributed by atoms with Crippen molar-refractivity contribution >= 4 is 17.8 Å². The van der Waals surface area contributed by atoms with Gasteiger partial charge in [0.2, 0.25) is 11.8 Å². The minimum absolute atomic E-state index is 0.00147. The maximum absolute atomic E-state index is 14.5. The molecule has 0 aromatic carbocycles. The summed E-state index contributed by atoms with van der Waals surface area (Å²) >= 11 is 0. The molecular weight excluding hydrogens is 484 g/mol. The number of hydrogen-bond acceptors (Lipinski definition) is 6. The van der Waals surface area contributed by atoms with E-state index >= 15 is 0 Å². The Morgan fingerprint density at radius 1 is 1.18 bits per heavy atom. The van der Waals surface area contributed by atoms with Crippen molar-refractivity contribution in [3.8, 4) is 0 Å². The largest absolute Gasteiger partial charge is 0.465 e. The second kappa shape index (κ2) is 11.1. The van der Waals surface area contributed by atoms with Gasteiger partial charge in [0.25, 0.3) is 0 Å². The van der Waals surface area contributed by atoms with Crippen LogP contribution in [-0.4, -0.2) is 81.8 Å². The Balaban J connectivity index is 1.97. The number of aliphatic hydroxyl groups is 1. The van der Waals surface area contributed by atoms with Gasteiger partial charge >= 0.3 is 5.97 Å². The van der Waals surface area contributed by atoms with E-state index in [0.717, 1.165) is 19.3 Å². The summed E-state index contributed by atoms with van der Waals surface area (Å²) in [4.78, 5) is 45.0. The number of carbonyl (C=O) groups excluding carboxylic acids is 3. The standard InChI is InChI=1S/C30H48N2O6/c1-9-11-12-13-19-37-26(36)22-21-24(34)31(17-18-33)23(30(21)15-14-29(22,8)38-30)25(35)32(16-10-2)28(6,7)20-27(3,4)5/h9-10,21-23,33H,1-2,11-20H2,3-8H3/t21-,22+,23?,29-,30?/m0/s1. The van der Waals surface area contributed by atoms with Gasteiger partial charge in [-0.3, -0.25) is 14.4 Å². The molecule has 1 N–H and O–H groups in total. The molecule has 3 aliphatic rings. The van der Waals surface area contributed by atoms with Crippen molar-refractivity contribution in [3.05, 3.63) is 25.3 Å². The van der Waals surface area contributed by atoms with Crippen molar-refractivity contribution in [2.24, 2.45) is 17.3 Å². The third-order valence-electron chi connectivity index (χ3n) is 8.42. The first-order valence-corrected chi connectivity index (χ1v) is 14.0. The zero-order valence-electron chi connectivity index (χ0n) is 24.3. The second-order valence-corrected chi connectivity index (χ2v) is 13.2. The molecule has 3 aliphatic heterocycles. The first-order chi connectivity index (χ1) is 17.7. The summed E-state index contributed by atoms with van der Waals surface area (Å²) in [5, 5.41) is 9.87. The molecule has 214 valence electrons. The molecule has 0 aromatic rings. The molecule has 2 bridgehead atoms. The number of unbranched alkanes of at least 4 members (excludes halogenated alkanes) is 2. The molecule has 2 amide bonds. The third-order valence-corrected chi connectivity index (χ3v) is 8.42. The smallest absolute Gasteiger partial charge is 0.312 e. The number of ether oxygens (including phenoxy) is 2. The molecule has 1 spiro atoms. The fraction of sp³-hybridized carbons (Fsp3) is 0.767. The van der Waals surface area contributed by atoms with Gasteiger partial charge in [-0.1, -0.05) is 32.9 Å². The summed E-state index contributed by atoms with van der Waals surface area (Å²) < 4.78 is 12.3. The Morgan fingerprint density at radius 2 is 1.87 bits per heavy atom. The fourth-order valence-corrected chi connectivity index (χ4v) is 7.37. The number of esters is 1. The monoisotopic (exact) mass is 532 g/mol. The summed E-state index contributed by atoms with van der Waals surface area (Å²) in [6.07, 6.45) is 7.73. The van der Waals surface area contributed by atoms with Gasteiger partial charge in [-0.05, 0) is 64.7 Å². The van der Waals surface area contributed by atoms with Crippen LogP contribution < -0.4 is 0 Å². The van der Waals surface area contributed by atoms with Crippen molar-refractivity contribution in [2.45, 2.75) is 103 Å². The molecule has 3 rings (SSSR count). The lowest BCUT2D eigenvalue weighted by Crippen LogP contribution is -2.61. The van der Waals surface area contributed by atoms with E-state index in [1.54, 1.807) is 11.0 Å². The third kappa shape index (κ3) is 5.44. The Hall–Kier alpha value is -2.19. The molecular formula is C30H48N2O6. The SMILES string of the molecule is C=CCCCCOC(=O)[C@H]1[C@H]2C(=O)N(CCO)C(C(=O)N(CC=C)C(C)(C)CC(C)(C)C)C23CC[C@]1(C)O3. The minimum Gasteiger partial charge on any atom is -0.465 e. The molecule has 3 saturated heterocycles. The molecule has 5 atom stereocenters. The fourth-order valence-electron chi connectivity index (χ4n) is 7.37. The molecule has 2 unspecified atom stereocenters. The quantitative estimate of drug-likeness (QED) is 0.220. The average Bonchev–Trinajstić information content (AvgIpc) is 3.36. The predicted octanol–water partition coefficient (Wildman–Crippen LogP) is 3.87. The number of allylic oxidation sites excluding steroid dienone is 1. The predicted molar refractivity (Wildman–Crippen MR) is 146 cm³/mol. The summed E-state index contributed by atoms with van der Waals surface area (Å²) in [6.45, 7) is 20.2. The summed E-state index contributed by atoms with van der Waals surface area (Å²) in [6, 6.07) is -0.932. The van der Waals surface area contributed by atoms with E-state index in [2.05, 4.69) is 33.9 Å². The lowest BCUT2D eigenvalue weighted by atomic mass is 9.66. The van der Waals surface area contributed by atoms with Crippen LogP contribution in [0.2, 0.25) is 0 Å². The zero-order chi connectivity index (χ0) is 28.5. The van der Waals surface area contributed by atoms with Gasteiger partial charge in [-0.2, -0.15) is 0 Å². The van der Waals surface area contributed by atoms with Crippen LogP contribution in [0.15, 0.2) is 25.3 Å². The van der Waals surface area contributed by atoms with Crippen molar-refractivity contribution in [2.75, 3.05) is 26.3 Å². The van der Waals surface area contributed by atoms with Gasteiger partial charge in [-0.15, -0.1) is 13.2 Å². The van der Waals surface area contributed by atoms with Crippen molar-refractivity contribution in [1.82, 2.24) is 9.80 Å². The maximum Gasteiger partial charge on any atom is 0.312 e. The van der Waals surface area contributed by atoms with E-state index < -0.39 is 40.6 Å². The Bertz CT molecular complexity index is 940. The molecule has 3 fully saturated rings. The van der Waals surface area contributed by atoms with Crippen LogP contribution in [-0.2, 0) is 23.9 Å². The van der Waals surface area contributed by atoms with Gasteiger partial charge in [0.05, 0.1) is 24.7 Å². The average molecular weight is 533 g/mol. The number of hydrogen-bond donors (Lipinski definition) is 1. The number of amides is 2. The number of fused-ring (bicyclic) bond motifs is 1. The molecule has 0 radical (unpaired) electrons. The lowest BCUT2D eigenvalue weighted by molar-refractivity contribution is -0.161. The first-order valence-electron chi connectivity index (χ1n) is 14.0. The van der Waals surface area contributed by atoms with E-state index in [-0.39, 0.29) is 37.0 Å². The lowest BCUT2D eigenvalue weighted by Gasteiger charge is -2.45. The summed E-state index contributed by atoms with van der Waals surface area (Å²) in [5.41, 5.74) is -2.60. The number of aliphatic hydroxyl groups excluding tert-OH is 1.